The molecule has 1 aliphatic heterocycles. The molecule has 0 spiro atoms. The second-order valence-corrected chi connectivity index (χ2v) is 7.77. The van der Waals surface area contributed by atoms with Crippen LogP contribution >= 0.6 is 0 Å². The van der Waals surface area contributed by atoms with Crippen LogP contribution in [-0.2, 0) is 24.2 Å². The molecule has 2 amide bonds. The van der Waals surface area contributed by atoms with Gasteiger partial charge in [-0.3, -0.25) is 4.90 Å². The van der Waals surface area contributed by atoms with E-state index in [1.165, 1.54) is 11.1 Å². The van der Waals surface area contributed by atoms with E-state index in [1.807, 2.05) is 25.1 Å². The molecule has 1 fully saturated rings. The molecule has 0 radical (unpaired) electrons. The first-order valence-electron chi connectivity index (χ1n) is 10.7. The van der Waals surface area contributed by atoms with Gasteiger partial charge in [0.25, 0.3) is 0 Å². The molecule has 2 N–H and O–H groups in total. The summed E-state index contributed by atoms with van der Waals surface area (Å²) in [4.78, 5) is 14.7. The van der Waals surface area contributed by atoms with E-state index in [0.717, 1.165) is 57.0 Å². The predicted molar refractivity (Wildman–Crippen MR) is 119 cm³/mol. The van der Waals surface area contributed by atoms with Gasteiger partial charge in [-0.1, -0.05) is 36.4 Å². The zero-order valence-electron chi connectivity index (χ0n) is 18.0. The van der Waals surface area contributed by atoms with Gasteiger partial charge in [0.05, 0.1) is 20.3 Å². The van der Waals surface area contributed by atoms with Gasteiger partial charge in [0, 0.05) is 32.2 Å². The minimum absolute atomic E-state index is 0.0932. The maximum absolute atomic E-state index is 12.4. The molecule has 0 saturated carbocycles. The first kappa shape index (κ1) is 22.1. The van der Waals surface area contributed by atoms with E-state index in [2.05, 4.69) is 45.9 Å². The van der Waals surface area contributed by atoms with E-state index in [9.17, 15) is 4.79 Å². The summed E-state index contributed by atoms with van der Waals surface area (Å²) in [7, 11) is 1.67. The lowest BCUT2D eigenvalue weighted by Crippen LogP contribution is -2.41. The number of hydrogen-bond donors (Lipinski definition) is 2. The quantitative estimate of drug-likeness (QED) is 0.664. The van der Waals surface area contributed by atoms with Crippen LogP contribution in [0, 0.1) is 0 Å². The van der Waals surface area contributed by atoms with Crippen LogP contribution in [0.25, 0.3) is 0 Å². The van der Waals surface area contributed by atoms with Crippen LogP contribution in [0.4, 0.5) is 4.79 Å². The molecule has 1 heterocycles. The van der Waals surface area contributed by atoms with Crippen LogP contribution in [0.3, 0.4) is 0 Å². The Labute approximate surface area is 179 Å². The Morgan fingerprint density at radius 1 is 1.10 bits per heavy atom. The SMILES string of the molecule is COc1ccc(CCC(C)NC(=O)NCc2ccccc2CN2CCOCC2)cc1. The summed E-state index contributed by atoms with van der Waals surface area (Å²) >= 11 is 0. The lowest BCUT2D eigenvalue weighted by molar-refractivity contribution is 0.0341. The molecule has 1 aliphatic rings. The number of rotatable bonds is 9. The highest BCUT2D eigenvalue weighted by Crippen LogP contribution is 2.14. The Balaban J connectivity index is 1.42. The summed E-state index contributed by atoms with van der Waals surface area (Å²) < 4.78 is 10.6. The van der Waals surface area contributed by atoms with E-state index in [4.69, 9.17) is 9.47 Å². The average Bonchev–Trinajstić information content (AvgIpc) is 2.78. The number of hydrogen-bond acceptors (Lipinski definition) is 4. The highest BCUT2D eigenvalue weighted by molar-refractivity contribution is 5.74. The predicted octanol–water partition coefficient (Wildman–Crippen LogP) is 3.35. The Morgan fingerprint density at radius 2 is 1.80 bits per heavy atom. The van der Waals surface area contributed by atoms with Crippen molar-refractivity contribution in [2.75, 3.05) is 33.4 Å². The van der Waals surface area contributed by atoms with Gasteiger partial charge in [0.15, 0.2) is 0 Å². The van der Waals surface area contributed by atoms with Crippen molar-refractivity contribution in [3.8, 4) is 5.75 Å². The normalized spacial score (nSPS) is 15.4. The van der Waals surface area contributed by atoms with Gasteiger partial charge < -0.3 is 20.1 Å². The Bertz CT molecular complexity index is 789. The maximum atomic E-state index is 12.4. The van der Waals surface area contributed by atoms with Gasteiger partial charge in [0.1, 0.15) is 5.75 Å². The van der Waals surface area contributed by atoms with Crippen molar-refractivity contribution in [1.82, 2.24) is 15.5 Å². The molecule has 6 heteroatoms. The fourth-order valence-electron chi connectivity index (χ4n) is 3.58. The number of carbonyl (C=O) groups excluding carboxylic acids is 1. The van der Waals surface area contributed by atoms with Crippen LogP contribution < -0.4 is 15.4 Å². The average molecular weight is 412 g/mol. The summed E-state index contributed by atoms with van der Waals surface area (Å²) in [6.07, 6.45) is 1.79. The number of morpholine rings is 1. The van der Waals surface area contributed by atoms with Crippen molar-refractivity contribution in [3.05, 3.63) is 65.2 Å². The zero-order chi connectivity index (χ0) is 21.2. The highest BCUT2D eigenvalue weighted by atomic mass is 16.5. The molecule has 0 aliphatic carbocycles. The maximum Gasteiger partial charge on any atom is 0.315 e. The molecule has 162 valence electrons. The monoisotopic (exact) mass is 411 g/mol. The van der Waals surface area contributed by atoms with Crippen molar-refractivity contribution >= 4 is 6.03 Å². The standard InChI is InChI=1S/C24H33N3O3/c1-19(7-8-20-9-11-23(29-2)12-10-20)26-24(28)25-17-21-5-3-4-6-22(21)18-27-13-15-30-16-14-27/h3-6,9-12,19H,7-8,13-18H2,1-2H3,(H2,25,26,28). The van der Waals surface area contributed by atoms with E-state index in [-0.39, 0.29) is 12.1 Å². The molecule has 2 aromatic rings. The summed E-state index contributed by atoms with van der Waals surface area (Å²) in [5.41, 5.74) is 3.65. The third-order valence-corrected chi connectivity index (χ3v) is 5.46. The molecule has 30 heavy (non-hydrogen) atoms. The first-order valence-corrected chi connectivity index (χ1v) is 10.7. The molecule has 2 aromatic carbocycles. The van der Waals surface area contributed by atoms with Crippen LogP contribution in [0.15, 0.2) is 48.5 Å². The topological polar surface area (TPSA) is 62.8 Å². The van der Waals surface area contributed by atoms with Gasteiger partial charge in [0.2, 0.25) is 0 Å². The molecule has 3 rings (SSSR count). The minimum atomic E-state index is -0.126. The Hall–Kier alpha value is -2.57. The third-order valence-electron chi connectivity index (χ3n) is 5.46. The first-order chi connectivity index (χ1) is 14.6. The molecule has 0 aromatic heterocycles. The molecule has 1 saturated heterocycles. The van der Waals surface area contributed by atoms with Gasteiger partial charge in [-0.2, -0.15) is 0 Å². The smallest absolute Gasteiger partial charge is 0.315 e. The number of urea groups is 1. The summed E-state index contributed by atoms with van der Waals surface area (Å²) in [6.45, 7) is 6.94. The van der Waals surface area contributed by atoms with Crippen molar-refractivity contribution in [3.63, 3.8) is 0 Å². The molecule has 1 atom stereocenters. The molecule has 0 bridgehead atoms. The van der Waals surface area contributed by atoms with Gasteiger partial charge >= 0.3 is 6.03 Å². The molecular weight excluding hydrogens is 378 g/mol. The second-order valence-electron chi connectivity index (χ2n) is 7.77. The largest absolute Gasteiger partial charge is 0.497 e. The fourth-order valence-corrected chi connectivity index (χ4v) is 3.58. The Morgan fingerprint density at radius 3 is 2.50 bits per heavy atom. The van der Waals surface area contributed by atoms with Crippen molar-refractivity contribution in [2.24, 2.45) is 0 Å². The summed E-state index contributed by atoms with van der Waals surface area (Å²) in [5.74, 6) is 0.859. The molecule has 6 nitrogen and oxygen atoms in total. The minimum Gasteiger partial charge on any atom is -0.497 e. The third kappa shape index (κ3) is 7.04. The number of carbonyl (C=O) groups is 1. The van der Waals surface area contributed by atoms with E-state index in [0.29, 0.717) is 6.54 Å². The Kier molecular flexibility index (Phi) is 8.53. The highest BCUT2D eigenvalue weighted by Gasteiger charge is 2.13. The molecule has 1 unspecified atom stereocenters. The second kappa shape index (κ2) is 11.6. The number of nitrogens with one attached hydrogen (secondary N) is 2. The summed E-state index contributed by atoms with van der Waals surface area (Å²) in [5, 5.41) is 6.05. The summed E-state index contributed by atoms with van der Waals surface area (Å²) in [6, 6.07) is 16.3. The van der Waals surface area contributed by atoms with Crippen molar-refractivity contribution in [1.29, 1.82) is 0 Å². The zero-order valence-corrected chi connectivity index (χ0v) is 18.0. The van der Waals surface area contributed by atoms with Crippen molar-refractivity contribution in [2.45, 2.75) is 38.9 Å². The van der Waals surface area contributed by atoms with Gasteiger partial charge in [-0.05, 0) is 48.6 Å². The van der Waals surface area contributed by atoms with E-state index >= 15 is 0 Å². The van der Waals surface area contributed by atoms with Crippen LogP contribution in [-0.4, -0.2) is 50.4 Å². The van der Waals surface area contributed by atoms with E-state index < -0.39 is 0 Å². The van der Waals surface area contributed by atoms with Crippen molar-refractivity contribution < 1.29 is 14.3 Å². The fraction of sp³-hybridized carbons (Fsp3) is 0.458. The lowest BCUT2D eigenvalue weighted by Gasteiger charge is -2.27. The van der Waals surface area contributed by atoms with Gasteiger partial charge in [-0.25, -0.2) is 4.79 Å². The van der Waals surface area contributed by atoms with Gasteiger partial charge in [-0.15, -0.1) is 0 Å². The number of benzene rings is 2. The number of nitrogens with zero attached hydrogens (tertiary/aromatic N) is 1. The van der Waals surface area contributed by atoms with Crippen LogP contribution in [0.2, 0.25) is 0 Å². The number of ether oxygens (including phenoxy) is 2. The molecular formula is C24H33N3O3. The number of aryl methyl sites for hydroxylation is 1. The van der Waals surface area contributed by atoms with E-state index in [1.54, 1.807) is 7.11 Å². The number of amides is 2. The lowest BCUT2D eigenvalue weighted by atomic mass is 10.1. The van der Waals surface area contributed by atoms with Crippen LogP contribution in [0.5, 0.6) is 5.75 Å². The van der Waals surface area contributed by atoms with Crippen LogP contribution in [0.1, 0.15) is 30.0 Å². The number of methoxy groups -OCH3 is 1.